The molecule has 0 rings (SSSR count). The second-order valence-corrected chi connectivity index (χ2v) is 12.8. The molecule has 0 aromatic carbocycles. The summed E-state index contributed by atoms with van der Waals surface area (Å²) in [6, 6.07) is 0. The van der Waals surface area contributed by atoms with E-state index >= 15 is 0 Å². The zero-order valence-corrected chi connectivity index (χ0v) is 32.4. The minimum absolute atomic E-state index is 0.345. The van der Waals surface area contributed by atoms with Gasteiger partial charge in [-0.2, -0.15) is 13.8 Å². The zero-order valence-electron chi connectivity index (χ0n) is 30.8. The van der Waals surface area contributed by atoms with E-state index in [4.69, 9.17) is 13.5 Å². The van der Waals surface area contributed by atoms with Crippen LogP contribution in [-0.4, -0.2) is 22.2 Å². The van der Waals surface area contributed by atoms with E-state index in [1.54, 1.807) is 0 Å². The molecule has 269 valence electrons. The Balaban J connectivity index is -0.000000326. The van der Waals surface area contributed by atoms with Gasteiger partial charge in [0.05, 0.1) is 0 Å². The van der Waals surface area contributed by atoms with E-state index in [1.807, 2.05) is 20.3 Å². The van der Waals surface area contributed by atoms with Crippen molar-refractivity contribution in [3.63, 3.8) is 0 Å². The van der Waals surface area contributed by atoms with E-state index < -0.39 is 11.9 Å². The van der Waals surface area contributed by atoms with Crippen LogP contribution in [0.1, 0.15) is 233 Å². The first-order chi connectivity index (χ1) is 22.0. The normalized spacial score (nSPS) is 10.2. The van der Waals surface area contributed by atoms with Crippen molar-refractivity contribution in [1.29, 1.82) is 0 Å². The summed E-state index contributed by atoms with van der Waals surface area (Å²) in [5, 5.41) is 17.0. The number of unbranched alkanes of at least 4 members (excludes halogenated alkanes) is 28. The number of carboxylic acid groups (broad SMARTS) is 2. The molecule has 0 amide bonds. The van der Waals surface area contributed by atoms with E-state index in [1.165, 1.54) is 167 Å². The number of rotatable bonds is 32. The van der Waals surface area contributed by atoms with Crippen LogP contribution in [0.5, 0.6) is 0 Å². The topological polar surface area (TPSA) is 91.7 Å². The molecular formula is C39H79O5Ti. The van der Waals surface area contributed by atoms with E-state index in [0.717, 1.165) is 46.1 Å². The van der Waals surface area contributed by atoms with Gasteiger partial charge in [0.2, 0.25) is 0 Å². The van der Waals surface area contributed by atoms with Crippen molar-refractivity contribution in [1.82, 2.24) is 0 Å². The van der Waals surface area contributed by atoms with Gasteiger partial charge in [-0.25, -0.2) is 0 Å². The van der Waals surface area contributed by atoms with Gasteiger partial charge in [-0.1, -0.05) is 194 Å². The zero-order chi connectivity index (χ0) is 34.5. The first-order valence-corrected chi connectivity index (χ1v) is 20.0. The summed E-state index contributed by atoms with van der Waals surface area (Å²) >= 11 is 0.750. The van der Waals surface area contributed by atoms with Gasteiger partial charge in [0.1, 0.15) is 0 Å². The Morgan fingerprint density at radius 3 is 0.644 bits per heavy atom. The van der Waals surface area contributed by atoms with E-state index in [2.05, 4.69) is 13.8 Å². The Morgan fingerprint density at radius 2 is 0.511 bits per heavy atom. The number of hydrogen-bond acceptors (Lipinski definition) is 3. The SMILES string of the molecule is CCCCCCCCCCCCCCCCCC(=O)O.CCCCCCCCCCCCCCCCCC(=O)O.C[CH-]C.[O]=[Ti+]. The molecule has 0 fully saturated rings. The second-order valence-electron chi connectivity index (χ2n) is 12.8. The van der Waals surface area contributed by atoms with Crippen molar-refractivity contribution in [3.05, 3.63) is 6.42 Å². The summed E-state index contributed by atoms with van der Waals surface area (Å²) in [5.74, 6) is -1.31. The molecule has 0 aromatic rings. The fourth-order valence-electron chi connectivity index (χ4n) is 5.30. The third kappa shape index (κ3) is 66.7. The molecule has 45 heavy (non-hydrogen) atoms. The average Bonchev–Trinajstić information content (AvgIpc) is 3.02. The molecule has 0 saturated heterocycles. The van der Waals surface area contributed by atoms with Crippen LogP contribution in [-0.2, 0) is 33.3 Å². The van der Waals surface area contributed by atoms with E-state index in [9.17, 15) is 9.59 Å². The summed E-state index contributed by atoms with van der Waals surface area (Å²) in [4.78, 5) is 20.7. The van der Waals surface area contributed by atoms with Gasteiger partial charge in [0.25, 0.3) is 0 Å². The molecule has 6 heteroatoms. The number of hydrogen-bond donors (Lipinski definition) is 2. The summed E-state index contributed by atoms with van der Waals surface area (Å²) in [7, 11) is 0. The van der Waals surface area contributed by atoms with Crippen LogP contribution in [0.25, 0.3) is 0 Å². The summed E-state index contributed by atoms with van der Waals surface area (Å²) in [5.41, 5.74) is 0. The van der Waals surface area contributed by atoms with Crippen LogP contribution in [0.4, 0.5) is 0 Å². The Hall–Kier alpha value is -0.546. The molecule has 5 nitrogen and oxygen atoms in total. The summed E-state index contributed by atoms with van der Waals surface area (Å²) < 4.78 is 8.25. The van der Waals surface area contributed by atoms with Crippen molar-refractivity contribution in [3.8, 4) is 0 Å². The molecule has 0 atom stereocenters. The summed E-state index contributed by atoms with van der Waals surface area (Å²) in [6.07, 6.45) is 42.4. The van der Waals surface area contributed by atoms with Crippen LogP contribution in [0.3, 0.4) is 0 Å². The average molecular weight is 676 g/mol. The molecule has 0 aromatic heterocycles. The first-order valence-electron chi connectivity index (χ1n) is 19.3. The van der Waals surface area contributed by atoms with Crippen molar-refractivity contribution < 1.29 is 43.5 Å². The Morgan fingerprint density at radius 1 is 0.378 bits per heavy atom. The molecular weight excluding hydrogens is 596 g/mol. The van der Waals surface area contributed by atoms with E-state index in [-0.39, 0.29) is 0 Å². The van der Waals surface area contributed by atoms with Gasteiger partial charge >= 0.3 is 35.7 Å². The molecule has 0 aliphatic carbocycles. The maximum atomic E-state index is 10.3. The Labute approximate surface area is 294 Å². The molecule has 0 radical (unpaired) electrons. The minimum atomic E-state index is -0.653. The standard InChI is InChI=1S/2C18H36O2.C3H7.O.Ti/c2*1-2-3-4-5-6-7-8-9-10-11-12-13-14-15-16-17-18(19)20;1-3-2;;/h2*2-17H2,1H3,(H,19,20);3H,1-2H3;;/q;;-1;;+1. The van der Waals surface area contributed by atoms with Gasteiger partial charge < -0.3 is 16.6 Å². The molecule has 2 N–H and O–H groups in total. The van der Waals surface area contributed by atoms with Gasteiger partial charge in [0.15, 0.2) is 0 Å². The van der Waals surface area contributed by atoms with Gasteiger partial charge in [0, 0.05) is 12.8 Å². The van der Waals surface area contributed by atoms with Crippen LogP contribution in [0.15, 0.2) is 0 Å². The van der Waals surface area contributed by atoms with Crippen LogP contribution >= 0.6 is 0 Å². The molecule has 0 saturated carbocycles. The number of carboxylic acids is 2. The maximum absolute atomic E-state index is 10.3. The van der Waals surface area contributed by atoms with E-state index in [0.29, 0.717) is 12.8 Å². The van der Waals surface area contributed by atoms with Gasteiger partial charge in [-0.15, -0.1) is 0 Å². The fourth-order valence-corrected chi connectivity index (χ4v) is 5.30. The first kappa shape index (κ1) is 51.3. The molecule has 0 bridgehead atoms. The number of aliphatic carboxylic acids is 2. The number of carbonyl (C=O) groups is 2. The van der Waals surface area contributed by atoms with Crippen LogP contribution in [0.2, 0.25) is 0 Å². The van der Waals surface area contributed by atoms with Crippen molar-refractivity contribution in [2.45, 2.75) is 233 Å². The van der Waals surface area contributed by atoms with Crippen molar-refractivity contribution in [2.75, 3.05) is 0 Å². The van der Waals surface area contributed by atoms with Gasteiger partial charge in [-0.3, -0.25) is 9.59 Å². The third-order valence-electron chi connectivity index (χ3n) is 7.99. The molecule has 0 aliphatic heterocycles. The Kier molecular flexibility index (Phi) is 60.4. The van der Waals surface area contributed by atoms with Crippen LogP contribution < -0.4 is 0 Å². The fraction of sp³-hybridized carbons (Fsp3) is 0.923. The third-order valence-corrected chi connectivity index (χ3v) is 7.99. The quantitative estimate of drug-likeness (QED) is 0.0421. The molecule has 0 aliphatic rings. The van der Waals surface area contributed by atoms with Gasteiger partial charge in [-0.05, 0) is 12.8 Å². The van der Waals surface area contributed by atoms with Crippen molar-refractivity contribution in [2.24, 2.45) is 0 Å². The molecule has 0 unspecified atom stereocenters. The monoisotopic (exact) mass is 676 g/mol. The van der Waals surface area contributed by atoms with Crippen LogP contribution in [0, 0.1) is 6.42 Å². The predicted octanol–water partition coefficient (Wildman–Crippen LogP) is 13.8. The molecule has 0 heterocycles. The predicted molar refractivity (Wildman–Crippen MR) is 191 cm³/mol. The Bertz CT molecular complexity index is 486. The second kappa shape index (κ2) is 53.0. The molecule has 0 spiro atoms. The van der Waals surface area contributed by atoms with Crippen molar-refractivity contribution >= 4 is 11.9 Å². The summed E-state index contributed by atoms with van der Waals surface area (Å²) in [6.45, 7) is 8.54.